The van der Waals surface area contributed by atoms with E-state index in [0.717, 1.165) is 29.0 Å². The molecule has 110 valence electrons. The summed E-state index contributed by atoms with van der Waals surface area (Å²) >= 11 is 3.49. The van der Waals surface area contributed by atoms with Gasteiger partial charge < -0.3 is 10.6 Å². The molecule has 3 rings (SSSR count). The van der Waals surface area contributed by atoms with Crippen LogP contribution >= 0.6 is 22.7 Å². The second-order valence-corrected chi connectivity index (χ2v) is 7.03. The molecule has 4 nitrogen and oxygen atoms in total. The topological polar surface area (TPSA) is 49.8 Å². The molecule has 0 aliphatic carbocycles. The Bertz CT molecular complexity index is 760. The quantitative estimate of drug-likeness (QED) is 0.737. The minimum atomic E-state index is 0.661. The molecule has 0 radical (unpaired) electrons. The maximum Gasteiger partial charge on any atom is 0.225 e. The number of nitrogens with one attached hydrogen (secondary N) is 2. The average Bonchev–Trinajstić information content (AvgIpc) is 3.09. The first kappa shape index (κ1) is 14.3. The molecule has 0 aliphatic rings. The lowest BCUT2D eigenvalue weighted by Gasteiger charge is -2.08. The monoisotopic (exact) mass is 318 g/mol. The molecule has 3 heterocycles. The average molecular weight is 318 g/mol. The highest BCUT2D eigenvalue weighted by Crippen LogP contribution is 2.30. The van der Waals surface area contributed by atoms with Crippen molar-refractivity contribution >= 4 is 44.7 Å². The SMILES string of the molecule is CCc1ccsc1CNc1nc(NC)nc2sc(C)cc12. The van der Waals surface area contributed by atoms with Crippen LogP contribution in [-0.4, -0.2) is 17.0 Å². The summed E-state index contributed by atoms with van der Waals surface area (Å²) in [6.45, 7) is 5.10. The molecule has 0 fully saturated rings. The summed E-state index contributed by atoms with van der Waals surface area (Å²) in [5.74, 6) is 1.57. The van der Waals surface area contributed by atoms with Crippen molar-refractivity contribution in [2.24, 2.45) is 0 Å². The van der Waals surface area contributed by atoms with E-state index < -0.39 is 0 Å². The number of fused-ring (bicyclic) bond motifs is 1. The van der Waals surface area contributed by atoms with Gasteiger partial charge in [0.15, 0.2) is 0 Å². The Morgan fingerprint density at radius 1 is 1.29 bits per heavy atom. The molecule has 0 spiro atoms. The van der Waals surface area contributed by atoms with Crippen molar-refractivity contribution in [3.05, 3.63) is 32.8 Å². The first-order valence-electron chi connectivity index (χ1n) is 6.96. The molecule has 21 heavy (non-hydrogen) atoms. The van der Waals surface area contributed by atoms with Crippen molar-refractivity contribution < 1.29 is 0 Å². The number of hydrogen-bond donors (Lipinski definition) is 2. The molecule has 6 heteroatoms. The van der Waals surface area contributed by atoms with Gasteiger partial charge in [0.2, 0.25) is 5.95 Å². The number of thiophene rings is 2. The lowest BCUT2D eigenvalue weighted by molar-refractivity contribution is 1.07. The molecular weight excluding hydrogens is 300 g/mol. The van der Waals surface area contributed by atoms with Crippen LogP contribution in [0.2, 0.25) is 0 Å². The Kier molecular flexibility index (Phi) is 4.07. The van der Waals surface area contributed by atoms with Gasteiger partial charge in [0.25, 0.3) is 0 Å². The summed E-state index contributed by atoms with van der Waals surface area (Å²) < 4.78 is 0. The van der Waals surface area contributed by atoms with Gasteiger partial charge in [-0.25, -0.2) is 4.98 Å². The maximum atomic E-state index is 4.57. The van der Waals surface area contributed by atoms with Crippen molar-refractivity contribution in [1.82, 2.24) is 9.97 Å². The molecule has 3 aromatic rings. The molecule has 0 saturated heterocycles. The van der Waals surface area contributed by atoms with Gasteiger partial charge in [-0.05, 0) is 36.4 Å². The van der Waals surface area contributed by atoms with Crippen LogP contribution in [0.5, 0.6) is 0 Å². The number of aromatic nitrogens is 2. The highest BCUT2D eigenvalue weighted by Gasteiger charge is 2.11. The molecular formula is C15H18N4S2. The number of aryl methyl sites for hydroxylation is 2. The zero-order valence-corrected chi connectivity index (χ0v) is 14.0. The van der Waals surface area contributed by atoms with Gasteiger partial charge in [-0.2, -0.15) is 4.98 Å². The molecule has 0 atom stereocenters. The molecule has 0 bridgehead atoms. The van der Waals surface area contributed by atoms with Gasteiger partial charge >= 0.3 is 0 Å². The van der Waals surface area contributed by atoms with E-state index in [-0.39, 0.29) is 0 Å². The Morgan fingerprint density at radius 2 is 2.14 bits per heavy atom. The normalized spacial score (nSPS) is 11.0. The van der Waals surface area contributed by atoms with E-state index in [9.17, 15) is 0 Å². The predicted octanol–water partition coefficient (Wildman–Crippen LogP) is 4.28. The van der Waals surface area contributed by atoms with Crippen LogP contribution in [0.1, 0.15) is 22.2 Å². The van der Waals surface area contributed by atoms with Gasteiger partial charge in [0.1, 0.15) is 10.6 Å². The van der Waals surface area contributed by atoms with Crippen LogP contribution in [0.25, 0.3) is 10.2 Å². The smallest absolute Gasteiger partial charge is 0.225 e. The third kappa shape index (κ3) is 2.87. The van der Waals surface area contributed by atoms with E-state index in [1.54, 1.807) is 22.7 Å². The Balaban J connectivity index is 1.92. The van der Waals surface area contributed by atoms with Crippen molar-refractivity contribution in [3.63, 3.8) is 0 Å². The molecule has 3 aromatic heterocycles. The number of anilines is 2. The number of nitrogens with zero attached hydrogens (tertiary/aromatic N) is 2. The van der Waals surface area contributed by atoms with E-state index in [4.69, 9.17) is 0 Å². The number of hydrogen-bond acceptors (Lipinski definition) is 6. The van der Waals surface area contributed by atoms with Crippen LogP contribution < -0.4 is 10.6 Å². The minimum absolute atomic E-state index is 0.661. The minimum Gasteiger partial charge on any atom is -0.364 e. The van der Waals surface area contributed by atoms with Crippen molar-refractivity contribution in [2.45, 2.75) is 26.8 Å². The van der Waals surface area contributed by atoms with E-state index >= 15 is 0 Å². The van der Waals surface area contributed by atoms with Gasteiger partial charge in [0.05, 0.1) is 11.9 Å². The maximum absolute atomic E-state index is 4.57. The van der Waals surface area contributed by atoms with Crippen LogP contribution in [0.15, 0.2) is 17.5 Å². The second-order valence-electron chi connectivity index (χ2n) is 4.80. The van der Waals surface area contributed by atoms with E-state index in [1.165, 1.54) is 15.3 Å². The van der Waals surface area contributed by atoms with Crippen LogP contribution in [-0.2, 0) is 13.0 Å². The zero-order valence-electron chi connectivity index (χ0n) is 12.4. The zero-order chi connectivity index (χ0) is 14.8. The third-order valence-electron chi connectivity index (χ3n) is 3.37. The first-order valence-corrected chi connectivity index (χ1v) is 8.66. The summed E-state index contributed by atoms with van der Waals surface area (Å²) in [6.07, 6.45) is 1.07. The fraction of sp³-hybridized carbons (Fsp3) is 0.333. The highest BCUT2D eigenvalue weighted by molar-refractivity contribution is 7.18. The van der Waals surface area contributed by atoms with Crippen LogP contribution in [0, 0.1) is 6.92 Å². The Morgan fingerprint density at radius 3 is 2.90 bits per heavy atom. The van der Waals surface area contributed by atoms with Gasteiger partial charge in [-0.15, -0.1) is 22.7 Å². The van der Waals surface area contributed by atoms with Crippen molar-refractivity contribution in [2.75, 3.05) is 17.7 Å². The van der Waals surface area contributed by atoms with E-state index in [1.807, 2.05) is 7.05 Å². The lowest BCUT2D eigenvalue weighted by Crippen LogP contribution is -2.05. The summed E-state index contributed by atoms with van der Waals surface area (Å²) in [6, 6.07) is 4.35. The van der Waals surface area contributed by atoms with Gasteiger partial charge in [0, 0.05) is 16.8 Å². The fourth-order valence-electron chi connectivity index (χ4n) is 2.29. The molecule has 0 aliphatic heterocycles. The largest absolute Gasteiger partial charge is 0.364 e. The van der Waals surface area contributed by atoms with Crippen LogP contribution in [0.4, 0.5) is 11.8 Å². The third-order valence-corrected chi connectivity index (χ3v) is 5.28. The lowest BCUT2D eigenvalue weighted by atomic mass is 10.2. The van der Waals surface area contributed by atoms with Crippen molar-refractivity contribution in [3.8, 4) is 0 Å². The summed E-state index contributed by atoms with van der Waals surface area (Å²) in [7, 11) is 1.85. The fourth-order valence-corrected chi connectivity index (χ4v) is 4.08. The predicted molar refractivity (Wildman–Crippen MR) is 92.7 cm³/mol. The first-order chi connectivity index (χ1) is 10.2. The molecule has 0 amide bonds. The summed E-state index contributed by atoms with van der Waals surface area (Å²) in [5, 5.41) is 9.77. The van der Waals surface area contributed by atoms with Crippen molar-refractivity contribution in [1.29, 1.82) is 0 Å². The Labute approximate surface area is 132 Å². The molecule has 2 N–H and O–H groups in total. The standard InChI is InChI=1S/C15H18N4S2/c1-4-10-5-6-20-12(10)8-17-13-11-7-9(2)21-14(11)19-15(16-3)18-13/h5-7H,4,8H2,1-3H3,(H2,16,17,18,19). The number of rotatable bonds is 5. The van der Waals surface area contributed by atoms with E-state index in [2.05, 4.69) is 52.0 Å². The molecule has 0 unspecified atom stereocenters. The second kappa shape index (κ2) is 5.99. The van der Waals surface area contributed by atoms with E-state index in [0.29, 0.717) is 5.95 Å². The van der Waals surface area contributed by atoms with Crippen LogP contribution in [0.3, 0.4) is 0 Å². The van der Waals surface area contributed by atoms with Gasteiger partial charge in [-0.1, -0.05) is 6.92 Å². The van der Waals surface area contributed by atoms with Gasteiger partial charge in [-0.3, -0.25) is 0 Å². The Hall–Kier alpha value is -1.66. The summed E-state index contributed by atoms with van der Waals surface area (Å²) in [4.78, 5) is 12.7. The molecule has 0 aromatic carbocycles. The highest BCUT2D eigenvalue weighted by atomic mass is 32.1. The summed E-state index contributed by atoms with van der Waals surface area (Å²) in [5.41, 5.74) is 1.41. The molecule has 0 saturated carbocycles.